The van der Waals surface area contributed by atoms with Gasteiger partial charge < -0.3 is 14.8 Å². The van der Waals surface area contributed by atoms with E-state index in [1.807, 2.05) is 11.4 Å². The van der Waals surface area contributed by atoms with Gasteiger partial charge >= 0.3 is 12.1 Å². The summed E-state index contributed by atoms with van der Waals surface area (Å²) in [4.78, 5) is 25.1. The molecule has 26 heavy (non-hydrogen) atoms. The first-order chi connectivity index (χ1) is 12.2. The second kappa shape index (κ2) is 8.63. The van der Waals surface area contributed by atoms with Crippen molar-refractivity contribution in [3.8, 4) is 0 Å². The zero-order chi connectivity index (χ0) is 19.3. The van der Waals surface area contributed by atoms with Crippen LogP contribution in [-0.4, -0.2) is 39.3 Å². The van der Waals surface area contributed by atoms with Gasteiger partial charge in [0.15, 0.2) is 5.69 Å². The second-order valence-electron chi connectivity index (χ2n) is 6.31. The van der Waals surface area contributed by atoms with Crippen molar-refractivity contribution in [3.05, 3.63) is 32.2 Å². The number of halogens is 1. The molecule has 0 radical (unpaired) electrons. The molecule has 2 aromatic heterocycles. The Hall–Kier alpha value is -1.94. The number of amides is 1. The first-order valence-electron chi connectivity index (χ1n) is 7.99. The summed E-state index contributed by atoms with van der Waals surface area (Å²) in [6.07, 6.45) is -0.586. The summed E-state index contributed by atoms with van der Waals surface area (Å²) in [6.45, 7) is 7.71. The summed E-state index contributed by atoms with van der Waals surface area (Å²) in [5.41, 5.74) is -0.0841. The fourth-order valence-corrected chi connectivity index (χ4v) is 3.50. The number of nitrogens with zero attached hydrogens (tertiary/aromatic N) is 3. The molecule has 0 unspecified atom stereocenters. The van der Waals surface area contributed by atoms with E-state index in [4.69, 9.17) is 9.47 Å². The van der Waals surface area contributed by atoms with E-state index in [1.165, 1.54) is 0 Å². The third kappa shape index (κ3) is 5.53. The Balaban J connectivity index is 2.21. The van der Waals surface area contributed by atoms with Crippen LogP contribution >= 0.6 is 27.3 Å². The topological polar surface area (TPSA) is 95.3 Å². The molecule has 10 heteroatoms. The standard InChI is InChI=1S/C16H21BrN4O4S/c1-5-24-14(22)13-11(8-18-15(23)25-16(2,3)4)21(20-19-13)9-12-10(17)6-7-26-12/h6-7H,5,8-9H2,1-4H3,(H,18,23). The molecule has 0 aliphatic carbocycles. The van der Waals surface area contributed by atoms with Crippen molar-refractivity contribution < 1.29 is 19.1 Å². The summed E-state index contributed by atoms with van der Waals surface area (Å²) in [5.74, 6) is -0.579. The van der Waals surface area contributed by atoms with E-state index in [1.54, 1.807) is 43.7 Å². The molecular formula is C16H21BrN4O4S. The molecular weight excluding hydrogens is 424 g/mol. The van der Waals surface area contributed by atoms with Crippen LogP contribution in [0, 0.1) is 0 Å². The number of hydrogen-bond donors (Lipinski definition) is 1. The van der Waals surface area contributed by atoms with Gasteiger partial charge in [0.25, 0.3) is 0 Å². The van der Waals surface area contributed by atoms with Crippen molar-refractivity contribution in [3.63, 3.8) is 0 Å². The minimum absolute atomic E-state index is 0.0407. The molecule has 2 rings (SSSR count). The minimum Gasteiger partial charge on any atom is -0.461 e. The highest BCUT2D eigenvalue weighted by atomic mass is 79.9. The lowest BCUT2D eigenvalue weighted by atomic mass is 10.2. The minimum atomic E-state index is -0.617. The van der Waals surface area contributed by atoms with E-state index in [0.717, 1.165) is 9.35 Å². The van der Waals surface area contributed by atoms with Crippen LogP contribution in [0.2, 0.25) is 0 Å². The Morgan fingerprint density at radius 2 is 2.12 bits per heavy atom. The van der Waals surface area contributed by atoms with Crippen LogP contribution in [0.4, 0.5) is 4.79 Å². The molecule has 0 aliphatic rings. The van der Waals surface area contributed by atoms with Crippen molar-refractivity contribution in [1.29, 1.82) is 0 Å². The van der Waals surface area contributed by atoms with Gasteiger partial charge in [-0.25, -0.2) is 14.3 Å². The largest absolute Gasteiger partial charge is 0.461 e. The Labute approximate surface area is 164 Å². The van der Waals surface area contributed by atoms with Crippen LogP contribution in [0.3, 0.4) is 0 Å². The van der Waals surface area contributed by atoms with Crippen molar-refractivity contribution in [2.75, 3.05) is 6.61 Å². The van der Waals surface area contributed by atoms with Gasteiger partial charge in [0.2, 0.25) is 0 Å². The third-order valence-corrected chi connectivity index (χ3v) is 5.00. The summed E-state index contributed by atoms with van der Waals surface area (Å²) >= 11 is 5.02. The number of hydrogen-bond acceptors (Lipinski definition) is 7. The quantitative estimate of drug-likeness (QED) is 0.686. The maximum absolute atomic E-state index is 12.1. The van der Waals surface area contributed by atoms with Crippen molar-refractivity contribution in [2.24, 2.45) is 0 Å². The van der Waals surface area contributed by atoms with E-state index < -0.39 is 17.7 Å². The number of ether oxygens (including phenoxy) is 2. The van der Waals surface area contributed by atoms with Crippen molar-refractivity contribution in [2.45, 2.75) is 46.4 Å². The number of carbonyl (C=O) groups is 2. The normalized spacial score (nSPS) is 11.3. The van der Waals surface area contributed by atoms with Crippen LogP contribution < -0.4 is 5.32 Å². The molecule has 2 aromatic rings. The SMILES string of the molecule is CCOC(=O)c1nnn(Cc2sccc2Br)c1CNC(=O)OC(C)(C)C. The molecule has 0 aliphatic heterocycles. The average Bonchev–Trinajstić information content (AvgIpc) is 3.11. The molecule has 0 saturated carbocycles. The Bertz CT molecular complexity index is 782. The number of nitrogens with one attached hydrogen (secondary N) is 1. The van der Waals surface area contributed by atoms with Crippen LogP contribution in [-0.2, 0) is 22.6 Å². The highest BCUT2D eigenvalue weighted by Crippen LogP contribution is 2.24. The lowest BCUT2D eigenvalue weighted by Gasteiger charge is -2.19. The zero-order valence-corrected chi connectivity index (χ0v) is 17.4. The lowest BCUT2D eigenvalue weighted by molar-refractivity contribution is 0.0497. The lowest BCUT2D eigenvalue weighted by Crippen LogP contribution is -2.33. The molecule has 1 N–H and O–H groups in total. The Kier molecular flexibility index (Phi) is 6.76. The van der Waals surface area contributed by atoms with E-state index >= 15 is 0 Å². The van der Waals surface area contributed by atoms with Gasteiger partial charge in [-0.1, -0.05) is 5.21 Å². The fraction of sp³-hybridized carbons (Fsp3) is 0.500. The molecule has 8 nitrogen and oxygen atoms in total. The zero-order valence-electron chi connectivity index (χ0n) is 15.0. The van der Waals surface area contributed by atoms with Gasteiger partial charge in [-0.2, -0.15) is 0 Å². The van der Waals surface area contributed by atoms with Gasteiger partial charge in [0.1, 0.15) is 5.60 Å². The Morgan fingerprint density at radius 3 is 2.69 bits per heavy atom. The number of rotatable bonds is 6. The summed E-state index contributed by atoms with van der Waals surface area (Å²) in [5, 5.41) is 12.6. The van der Waals surface area contributed by atoms with E-state index in [2.05, 4.69) is 31.6 Å². The number of aromatic nitrogens is 3. The van der Waals surface area contributed by atoms with Crippen LogP contribution in [0.1, 0.15) is 48.8 Å². The van der Waals surface area contributed by atoms with Crippen molar-refractivity contribution in [1.82, 2.24) is 20.3 Å². The first-order valence-corrected chi connectivity index (χ1v) is 9.66. The summed E-state index contributed by atoms with van der Waals surface area (Å²) in [6, 6.07) is 1.93. The van der Waals surface area contributed by atoms with Crippen LogP contribution in [0.25, 0.3) is 0 Å². The predicted octanol–water partition coefficient (Wildman–Crippen LogP) is 3.35. The van der Waals surface area contributed by atoms with Crippen molar-refractivity contribution >= 4 is 39.3 Å². The third-order valence-electron chi connectivity index (χ3n) is 3.09. The first kappa shape index (κ1) is 20.4. The van der Waals surface area contributed by atoms with E-state index in [9.17, 15) is 9.59 Å². The van der Waals surface area contributed by atoms with Crippen LogP contribution in [0.5, 0.6) is 0 Å². The van der Waals surface area contributed by atoms with Crippen LogP contribution in [0.15, 0.2) is 15.9 Å². The molecule has 0 aromatic carbocycles. The summed E-state index contributed by atoms with van der Waals surface area (Å²) < 4.78 is 12.8. The van der Waals surface area contributed by atoms with E-state index in [0.29, 0.717) is 12.2 Å². The van der Waals surface area contributed by atoms with Gasteiger partial charge in [-0.05, 0) is 55.1 Å². The number of alkyl carbamates (subject to hydrolysis) is 1. The highest BCUT2D eigenvalue weighted by Gasteiger charge is 2.23. The van der Waals surface area contributed by atoms with Gasteiger partial charge in [-0.3, -0.25) is 0 Å². The molecule has 0 fully saturated rings. The molecule has 2 heterocycles. The Morgan fingerprint density at radius 1 is 1.38 bits per heavy atom. The molecule has 0 bridgehead atoms. The molecule has 142 valence electrons. The number of esters is 1. The molecule has 1 amide bonds. The van der Waals surface area contributed by atoms with Gasteiger partial charge in [0, 0.05) is 9.35 Å². The number of thiophene rings is 1. The molecule has 0 atom stereocenters. The average molecular weight is 445 g/mol. The van der Waals surface area contributed by atoms with E-state index in [-0.39, 0.29) is 18.8 Å². The predicted molar refractivity (Wildman–Crippen MR) is 100 cm³/mol. The fourth-order valence-electron chi connectivity index (χ4n) is 2.04. The van der Waals surface area contributed by atoms with Gasteiger partial charge in [-0.15, -0.1) is 16.4 Å². The maximum Gasteiger partial charge on any atom is 0.407 e. The molecule has 0 saturated heterocycles. The monoisotopic (exact) mass is 444 g/mol. The molecule has 0 spiro atoms. The smallest absolute Gasteiger partial charge is 0.407 e. The van der Waals surface area contributed by atoms with Gasteiger partial charge in [0.05, 0.1) is 25.4 Å². The number of carbonyl (C=O) groups excluding carboxylic acids is 2. The second-order valence-corrected chi connectivity index (χ2v) is 8.17. The summed E-state index contributed by atoms with van der Waals surface area (Å²) in [7, 11) is 0. The highest BCUT2D eigenvalue weighted by molar-refractivity contribution is 9.10. The maximum atomic E-state index is 12.1.